The van der Waals surface area contributed by atoms with Gasteiger partial charge in [0, 0.05) is 35.4 Å². The van der Waals surface area contributed by atoms with Crippen LogP contribution in [0.15, 0.2) is 72.9 Å². The summed E-state index contributed by atoms with van der Waals surface area (Å²) in [5.41, 5.74) is 3.84. The zero-order valence-electron chi connectivity index (χ0n) is 18.4. The van der Waals surface area contributed by atoms with Crippen LogP contribution in [-0.4, -0.2) is 31.8 Å². The SMILES string of the molecule is COc1ccc(NC(=O)Cc2cn(Cc3cc(OC)cc(OC)c3)c3ccccc23)cc1. The Hall–Kier alpha value is -3.93. The fourth-order valence-corrected chi connectivity index (χ4v) is 3.80. The van der Waals surface area contributed by atoms with E-state index in [0.717, 1.165) is 45.0 Å². The van der Waals surface area contributed by atoms with Crippen LogP contribution in [0.25, 0.3) is 10.9 Å². The highest BCUT2D eigenvalue weighted by Crippen LogP contribution is 2.27. The lowest BCUT2D eigenvalue weighted by atomic mass is 10.1. The first-order chi connectivity index (χ1) is 15.6. The van der Waals surface area contributed by atoms with Gasteiger partial charge in [-0.1, -0.05) is 18.2 Å². The summed E-state index contributed by atoms with van der Waals surface area (Å²) in [6.45, 7) is 0.633. The van der Waals surface area contributed by atoms with E-state index in [9.17, 15) is 4.79 Å². The molecule has 3 aromatic carbocycles. The molecule has 0 saturated heterocycles. The second-order valence-electron chi connectivity index (χ2n) is 7.47. The van der Waals surface area contributed by atoms with Crippen molar-refractivity contribution in [3.63, 3.8) is 0 Å². The van der Waals surface area contributed by atoms with Gasteiger partial charge in [0.05, 0.1) is 27.8 Å². The molecule has 1 N–H and O–H groups in total. The second-order valence-corrected chi connectivity index (χ2v) is 7.47. The molecule has 0 aliphatic rings. The molecule has 4 rings (SSSR count). The normalized spacial score (nSPS) is 10.7. The number of hydrogen-bond donors (Lipinski definition) is 1. The molecule has 0 aliphatic heterocycles. The van der Waals surface area contributed by atoms with Gasteiger partial charge in [0.1, 0.15) is 17.2 Å². The lowest BCUT2D eigenvalue weighted by Crippen LogP contribution is -2.14. The van der Waals surface area contributed by atoms with Crippen LogP contribution in [0.3, 0.4) is 0 Å². The first-order valence-electron chi connectivity index (χ1n) is 10.3. The van der Waals surface area contributed by atoms with Gasteiger partial charge >= 0.3 is 0 Å². The molecule has 0 atom stereocenters. The number of para-hydroxylation sites is 1. The van der Waals surface area contributed by atoms with E-state index in [2.05, 4.69) is 16.0 Å². The van der Waals surface area contributed by atoms with Crippen molar-refractivity contribution in [3.8, 4) is 17.2 Å². The van der Waals surface area contributed by atoms with Crippen molar-refractivity contribution in [3.05, 3.63) is 84.1 Å². The van der Waals surface area contributed by atoms with Gasteiger partial charge in [0.25, 0.3) is 0 Å². The van der Waals surface area contributed by atoms with Gasteiger partial charge in [-0.2, -0.15) is 0 Å². The Morgan fingerprint density at radius 2 is 1.50 bits per heavy atom. The lowest BCUT2D eigenvalue weighted by molar-refractivity contribution is -0.115. The van der Waals surface area contributed by atoms with Gasteiger partial charge < -0.3 is 24.1 Å². The van der Waals surface area contributed by atoms with Gasteiger partial charge in [0.15, 0.2) is 0 Å². The summed E-state index contributed by atoms with van der Waals surface area (Å²) in [4.78, 5) is 12.7. The first kappa shape index (κ1) is 21.3. The molecule has 1 amide bonds. The van der Waals surface area contributed by atoms with E-state index in [4.69, 9.17) is 14.2 Å². The van der Waals surface area contributed by atoms with Crippen LogP contribution < -0.4 is 19.5 Å². The number of benzene rings is 3. The third-order valence-electron chi connectivity index (χ3n) is 5.36. The van der Waals surface area contributed by atoms with Crippen LogP contribution in [0, 0.1) is 0 Å². The van der Waals surface area contributed by atoms with Crippen LogP contribution in [0.5, 0.6) is 17.2 Å². The van der Waals surface area contributed by atoms with Crippen LogP contribution in [0.2, 0.25) is 0 Å². The molecule has 6 heteroatoms. The monoisotopic (exact) mass is 430 g/mol. The topological polar surface area (TPSA) is 61.7 Å². The number of rotatable bonds is 8. The molecule has 0 spiro atoms. The first-order valence-corrected chi connectivity index (χ1v) is 10.3. The number of methoxy groups -OCH3 is 3. The molecule has 0 aliphatic carbocycles. The van der Waals surface area contributed by atoms with Crippen molar-refractivity contribution in [1.82, 2.24) is 4.57 Å². The Bertz CT molecular complexity index is 1210. The number of nitrogens with one attached hydrogen (secondary N) is 1. The number of hydrogen-bond acceptors (Lipinski definition) is 4. The van der Waals surface area contributed by atoms with Gasteiger partial charge in [-0.15, -0.1) is 0 Å². The molecule has 164 valence electrons. The van der Waals surface area contributed by atoms with Crippen molar-refractivity contribution in [2.24, 2.45) is 0 Å². The van der Waals surface area contributed by atoms with Crippen molar-refractivity contribution in [1.29, 1.82) is 0 Å². The maximum Gasteiger partial charge on any atom is 0.228 e. The fraction of sp³-hybridized carbons (Fsp3) is 0.192. The molecule has 1 aromatic heterocycles. The number of amides is 1. The predicted octanol–water partition coefficient (Wildman–Crippen LogP) is 4.90. The molecule has 1 heterocycles. The fourth-order valence-electron chi connectivity index (χ4n) is 3.80. The van der Waals surface area contributed by atoms with Crippen LogP contribution in [0.1, 0.15) is 11.1 Å². The van der Waals surface area contributed by atoms with E-state index < -0.39 is 0 Å². The molecule has 0 saturated carbocycles. The van der Waals surface area contributed by atoms with Crippen LogP contribution in [-0.2, 0) is 17.8 Å². The van der Waals surface area contributed by atoms with E-state index in [1.807, 2.05) is 66.9 Å². The summed E-state index contributed by atoms with van der Waals surface area (Å²) in [5.74, 6) is 2.17. The van der Waals surface area contributed by atoms with Crippen LogP contribution in [0.4, 0.5) is 5.69 Å². The molecular formula is C26H26N2O4. The summed E-state index contributed by atoms with van der Waals surface area (Å²) < 4.78 is 18.1. The van der Waals surface area contributed by atoms with E-state index in [-0.39, 0.29) is 12.3 Å². The molecule has 0 unspecified atom stereocenters. The minimum atomic E-state index is -0.0684. The number of carbonyl (C=O) groups is 1. The smallest absolute Gasteiger partial charge is 0.228 e. The van der Waals surface area contributed by atoms with Crippen LogP contribution >= 0.6 is 0 Å². The van der Waals surface area contributed by atoms with Crippen molar-refractivity contribution < 1.29 is 19.0 Å². The largest absolute Gasteiger partial charge is 0.497 e. The zero-order chi connectivity index (χ0) is 22.5. The number of anilines is 1. The average Bonchev–Trinajstić information content (AvgIpc) is 3.16. The molecule has 0 radical (unpaired) electrons. The predicted molar refractivity (Wildman–Crippen MR) is 126 cm³/mol. The quantitative estimate of drug-likeness (QED) is 0.432. The summed E-state index contributed by atoms with van der Waals surface area (Å²) in [6, 6.07) is 21.3. The summed E-state index contributed by atoms with van der Waals surface area (Å²) in [6.07, 6.45) is 2.32. The van der Waals surface area contributed by atoms with E-state index in [1.54, 1.807) is 21.3 Å². The Morgan fingerprint density at radius 3 is 2.16 bits per heavy atom. The van der Waals surface area contributed by atoms with Gasteiger partial charge in [0.2, 0.25) is 5.91 Å². The highest BCUT2D eigenvalue weighted by atomic mass is 16.5. The number of carbonyl (C=O) groups excluding carboxylic acids is 1. The highest BCUT2D eigenvalue weighted by Gasteiger charge is 2.13. The summed E-state index contributed by atoms with van der Waals surface area (Å²) >= 11 is 0. The Labute approximate surface area is 187 Å². The molecule has 0 bridgehead atoms. The zero-order valence-corrected chi connectivity index (χ0v) is 18.4. The summed E-state index contributed by atoms with van der Waals surface area (Å²) in [5, 5.41) is 4.02. The third kappa shape index (κ3) is 4.70. The average molecular weight is 431 g/mol. The molecular weight excluding hydrogens is 404 g/mol. The highest BCUT2D eigenvalue weighted by molar-refractivity contribution is 5.96. The third-order valence-corrected chi connectivity index (χ3v) is 5.36. The molecule has 4 aromatic rings. The number of fused-ring (bicyclic) bond motifs is 1. The maximum absolute atomic E-state index is 12.7. The van der Waals surface area contributed by atoms with Crippen molar-refractivity contribution >= 4 is 22.5 Å². The van der Waals surface area contributed by atoms with Gasteiger partial charge in [-0.05, 0) is 53.6 Å². The Kier molecular flexibility index (Phi) is 6.31. The number of nitrogens with zero attached hydrogens (tertiary/aromatic N) is 1. The van der Waals surface area contributed by atoms with Crippen molar-refractivity contribution in [2.75, 3.05) is 26.6 Å². The van der Waals surface area contributed by atoms with Gasteiger partial charge in [-0.3, -0.25) is 4.79 Å². The Morgan fingerprint density at radius 1 is 0.844 bits per heavy atom. The summed E-state index contributed by atoms with van der Waals surface area (Å²) in [7, 11) is 4.90. The minimum Gasteiger partial charge on any atom is -0.497 e. The van der Waals surface area contributed by atoms with E-state index in [1.165, 1.54) is 0 Å². The lowest BCUT2D eigenvalue weighted by Gasteiger charge is -2.10. The number of ether oxygens (including phenoxy) is 3. The molecule has 6 nitrogen and oxygen atoms in total. The van der Waals surface area contributed by atoms with E-state index in [0.29, 0.717) is 6.54 Å². The number of aromatic nitrogens is 1. The van der Waals surface area contributed by atoms with E-state index >= 15 is 0 Å². The molecule has 0 fully saturated rings. The maximum atomic E-state index is 12.7. The minimum absolute atomic E-state index is 0.0684. The van der Waals surface area contributed by atoms with Crippen molar-refractivity contribution in [2.45, 2.75) is 13.0 Å². The second kappa shape index (κ2) is 9.47. The standard InChI is InChI=1S/C26H26N2O4/c1-30-21-10-8-20(9-11-21)27-26(29)14-19-17-28(25-7-5-4-6-24(19)25)16-18-12-22(31-2)15-23(13-18)32-3/h4-13,15,17H,14,16H2,1-3H3,(H,27,29). The van der Waals surface area contributed by atoms with Gasteiger partial charge in [-0.25, -0.2) is 0 Å². The molecule has 32 heavy (non-hydrogen) atoms. The Balaban J connectivity index is 1.58.